The molecule has 3 N–H and O–H groups in total. The van der Waals surface area contributed by atoms with Gasteiger partial charge in [-0.15, -0.1) is 0 Å². The third kappa shape index (κ3) is 4.31. The maximum absolute atomic E-state index is 12.3. The van der Waals surface area contributed by atoms with E-state index in [4.69, 9.17) is 5.73 Å². The van der Waals surface area contributed by atoms with Gasteiger partial charge in [0.2, 0.25) is 5.91 Å². The van der Waals surface area contributed by atoms with Gasteiger partial charge in [-0.1, -0.05) is 31.2 Å². The molecule has 1 aromatic carbocycles. The summed E-state index contributed by atoms with van der Waals surface area (Å²) in [6.45, 7) is 4.92. The molecule has 1 aromatic rings. The Morgan fingerprint density at radius 1 is 1.33 bits per heavy atom. The molecule has 21 heavy (non-hydrogen) atoms. The first kappa shape index (κ1) is 16.0. The third-order valence-electron chi connectivity index (χ3n) is 4.91. The molecular weight excluding hydrogens is 260 g/mol. The lowest BCUT2D eigenvalue weighted by Crippen LogP contribution is -2.55. The minimum atomic E-state index is -0.157. The number of carbonyl (C=O) groups is 1. The van der Waals surface area contributed by atoms with E-state index in [0.29, 0.717) is 13.0 Å². The van der Waals surface area contributed by atoms with E-state index in [9.17, 15) is 4.79 Å². The van der Waals surface area contributed by atoms with Crippen molar-refractivity contribution in [3.63, 3.8) is 0 Å². The van der Waals surface area contributed by atoms with Crippen LogP contribution in [0.3, 0.4) is 0 Å². The molecule has 0 aliphatic heterocycles. The first-order chi connectivity index (χ1) is 10.0. The van der Waals surface area contributed by atoms with Crippen molar-refractivity contribution in [3.8, 4) is 0 Å². The Morgan fingerprint density at radius 2 is 2.00 bits per heavy atom. The fourth-order valence-electron chi connectivity index (χ4n) is 3.19. The van der Waals surface area contributed by atoms with Crippen molar-refractivity contribution in [1.82, 2.24) is 5.32 Å². The Kier molecular flexibility index (Phi) is 5.40. The van der Waals surface area contributed by atoms with Gasteiger partial charge in [0.05, 0.1) is 5.54 Å². The summed E-state index contributed by atoms with van der Waals surface area (Å²) in [6, 6.07) is 8.26. The Labute approximate surface area is 128 Å². The molecule has 0 heterocycles. The number of amides is 1. The van der Waals surface area contributed by atoms with Gasteiger partial charge in [0.15, 0.2) is 0 Å². The van der Waals surface area contributed by atoms with Gasteiger partial charge in [0.1, 0.15) is 0 Å². The number of carbonyl (C=O) groups excluding carboxylic acids is 1. The number of hydrogen-bond donors (Lipinski definition) is 2. The normalized spacial score (nSPS) is 25.6. The van der Waals surface area contributed by atoms with Crippen LogP contribution in [0.25, 0.3) is 0 Å². The molecule has 0 aromatic heterocycles. The molecule has 3 heteroatoms. The lowest BCUT2D eigenvalue weighted by atomic mass is 9.77. The highest BCUT2D eigenvalue weighted by molar-refractivity contribution is 5.77. The Bertz CT molecular complexity index is 476. The molecule has 1 amide bonds. The number of benzene rings is 1. The van der Waals surface area contributed by atoms with Gasteiger partial charge < -0.3 is 11.1 Å². The summed E-state index contributed by atoms with van der Waals surface area (Å²) in [5.74, 6) is 0.895. The lowest BCUT2D eigenvalue weighted by Gasteiger charge is -2.39. The minimum absolute atomic E-state index is 0.137. The number of nitrogens with one attached hydrogen (secondary N) is 1. The summed E-state index contributed by atoms with van der Waals surface area (Å²) in [5.41, 5.74) is 8.30. The average molecular weight is 288 g/mol. The lowest BCUT2D eigenvalue weighted by molar-refractivity contribution is -0.123. The van der Waals surface area contributed by atoms with Gasteiger partial charge in [-0.3, -0.25) is 4.79 Å². The van der Waals surface area contributed by atoms with Crippen molar-refractivity contribution in [2.75, 3.05) is 6.54 Å². The molecule has 0 spiro atoms. The molecule has 0 unspecified atom stereocenters. The largest absolute Gasteiger partial charge is 0.349 e. The van der Waals surface area contributed by atoms with Gasteiger partial charge >= 0.3 is 0 Å². The predicted octanol–water partition coefficient (Wildman–Crippen LogP) is 2.95. The van der Waals surface area contributed by atoms with Crippen LogP contribution >= 0.6 is 0 Å². The zero-order valence-corrected chi connectivity index (χ0v) is 13.3. The van der Waals surface area contributed by atoms with E-state index in [0.717, 1.165) is 38.0 Å². The van der Waals surface area contributed by atoms with E-state index in [-0.39, 0.29) is 11.4 Å². The van der Waals surface area contributed by atoms with E-state index >= 15 is 0 Å². The summed E-state index contributed by atoms with van der Waals surface area (Å²) in [6.07, 6.45) is 5.70. The van der Waals surface area contributed by atoms with Crippen LogP contribution in [0.5, 0.6) is 0 Å². The molecule has 0 bridgehead atoms. The first-order valence-corrected chi connectivity index (χ1v) is 8.10. The Morgan fingerprint density at radius 3 is 2.62 bits per heavy atom. The molecule has 1 aliphatic rings. The van der Waals surface area contributed by atoms with E-state index in [1.807, 2.05) is 12.1 Å². The SMILES string of the molecule is Cc1ccccc1CCC(=O)NC1(CN)CCC(C)CC1. The van der Waals surface area contributed by atoms with Gasteiger partial charge in [-0.05, 0) is 56.1 Å². The molecule has 0 saturated heterocycles. The second kappa shape index (κ2) is 7.08. The zero-order valence-electron chi connectivity index (χ0n) is 13.3. The molecule has 1 saturated carbocycles. The van der Waals surface area contributed by atoms with Crippen molar-refractivity contribution >= 4 is 5.91 Å². The summed E-state index contributed by atoms with van der Waals surface area (Å²) >= 11 is 0. The van der Waals surface area contributed by atoms with Crippen molar-refractivity contribution in [3.05, 3.63) is 35.4 Å². The molecule has 0 atom stereocenters. The van der Waals surface area contributed by atoms with Crippen LogP contribution < -0.4 is 11.1 Å². The quantitative estimate of drug-likeness (QED) is 0.875. The van der Waals surface area contributed by atoms with Crippen LogP contribution in [0, 0.1) is 12.8 Å². The smallest absolute Gasteiger partial charge is 0.220 e. The third-order valence-corrected chi connectivity index (χ3v) is 4.91. The van der Waals surface area contributed by atoms with E-state index in [2.05, 4.69) is 31.3 Å². The summed E-state index contributed by atoms with van der Waals surface area (Å²) in [5, 5.41) is 3.23. The van der Waals surface area contributed by atoms with Crippen molar-refractivity contribution in [1.29, 1.82) is 0 Å². The zero-order chi connectivity index (χ0) is 15.3. The highest BCUT2D eigenvalue weighted by atomic mass is 16.1. The number of nitrogens with two attached hydrogens (primary N) is 1. The topological polar surface area (TPSA) is 55.1 Å². The van der Waals surface area contributed by atoms with Gasteiger partial charge in [-0.2, -0.15) is 0 Å². The molecule has 1 aliphatic carbocycles. The van der Waals surface area contributed by atoms with Crippen molar-refractivity contribution < 1.29 is 4.79 Å². The maximum Gasteiger partial charge on any atom is 0.220 e. The first-order valence-electron chi connectivity index (χ1n) is 8.10. The van der Waals surface area contributed by atoms with Crippen LogP contribution in [-0.2, 0) is 11.2 Å². The van der Waals surface area contributed by atoms with Crippen LogP contribution in [0.15, 0.2) is 24.3 Å². The Balaban J connectivity index is 1.87. The Hall–Kier alpha value is -1.35. The standard InChI is InChI=1S/C18H28N2O/c1-14-9-11-18(13-19,12-10-14)20-17(21)8-7-16-6-4-3-5-15(16)2/h3-6,14H,7-13,19H2,1-2H3,(H,20,21). The van der Waals surface area contributed by atoms with Crippen molar-refractivity contribution in [2.24, 2.45) is 11.7 Å². The van der Waals surface area contributed by atoms with Crippen LogP contribution in [0.1, 0.15) is 50.2 Å². The molecule has 0 radical (unpaired) electrons. The van der Waals surface area contributed by atoms with E-state index < -0.39 is 0 Å². The maximum atomic E-state index is 12.3. The van der Waals surface area contributed by atoms with Crippen LogP contribution in [0.2, 0.25) is 0 Å². The van der Waals surface area contributed by atoms with Gasteiger partial charge in [0.25, 0.3) is 0 Å². The van der Waals surface area contributed by atoms with Gasteiger partial charge in [0, 0.05) is 13.0 Å². The highest BCUT2D eigenvalue weighted by Gasteiger charge is 2.34. The van der Waals surface area contributed by atoms with Crippen molar-refractivity contribution in [2.45, 2.75) is 57.9 Å². The summed E-state index contributed by atoms with van der Waals surface area (Å²) in [7, 11) is 0. The number of aryl methyl sites for hydroxylation is 2. The summed E-state index contributed by atoms with van der Waals surface area (Å²) < 4.78 is 0. The molecule has 1 fully saturated rings. The summed E-state index contributed by atoms with van der Waals surface area (Å²) in [4.78, 5) is 12.3. The van der Waals surface area contributed by atoms with Gasteiger partial charge in [-0.25, -0.2) is 0 Å². The highest BCUT2D eigenvalue weighted by Crippen LogP contribution is 2.31. The minimum Gasteiger partial charge on any atom is -0.349 e. The fourth-order valence-corrected chi connectivity index (χ4v) is 3.19. The van der Waals surface area contributed by atoms with E-state index in [1.54, 1.807) is 0 Å². The fraction of sp³-hybridized carbons (Fsp3) is 0.611. The van der Waals surface area contributed by atoms with Crippen LogP contribution in [0.4, 0.5) is 0 Å². The molecule has 3 nitrogen and oxygen atoms in total. The molecular formula is C18H28N2O. The molecule has 116 valence electrons. The second-order valence-corrected chi connectivity index (χ2v) is 6.64. The molecule has 2 rings (SSSR count). The number of hydrogen-bond acceptors (Lipinski definition) is 2. The predicted molar refractivity (Wildman–Crippen MR) is 87.1 cm³/mol. The van der Waals surface area contributed by atoms with E-state index in [1.165, 1.54) is 11.1 Å². The van der Waals surface area contributed by atoms with Crippen LogP contribution in [-0.4, -0.2) is 18.0 Å². The monoisotopic (exact) mass is 288 g/mol. The average Bonchev–Trinajstić information content (AvgIpc) is 2.49. The second-order valence-electron chi connectivity index (χ2n) is 6.64. The number of rotatable bonds is 5.